The number of aryl methyl sites for hydroxylation is 1. The third-order valence-corrected chi connectivity index (χ3v) is 3.85. The molecule has 0 aromatic carbocycles. The van der Waals surface area contributed by atoms with E-state index in [0.717, 1.165) is 37.4 Å². The molecule has 1 atom stereocenters. The maximum Gasteiger partial charge on any atom is 0.270 e. The molecule has 22 heavy (non-hydrogen) atoms. The molecule has 3 rings (SSSR count). The molecule has 0 radical (unpaired) electrons. The molecule has 0 aliphatic carbocycles. The number of rotatable bonds is 3. The third-order valence-electron chi connectivity index (χ3n) is 3.85. The van der Waals surface area contributed by atoms with Gasteiger partial charge in [0.25, 0.3) is 5.91 Å². The van der Waals surface area contributed by atoms with Crippen LogP contribution in [0.4, 0.5) is 5.82 Å². The lowest BCUT2D eigenvalue weighted by atomic mass is 10.1. The number of nitrogens with zero attached hydrogens (tertiary/aromatic N) is 3. The molecule has 0 saturated carbocycles. The van der Waals surface area contributed by atoms with Gasteiger partial charge < -0.3 is 10.2 Å². The van der Waals surface area contributed by atoms with Gasteiger partial charge in [0.1, 0.15) is 11.5 Å². The fraction of sp³-hybridized carbons (Fsp3) is 0.353. The van der Waals surface area contributed by atoms with E-state index in [0.29, 0.717) is 5.69 Å². The zero-order chi connectivity index (χ0) is 15.4. The van der Waals surface area contributed by atoms with E-state index in [4.69, 9.17) is 0 Å². The van der Waals surface area contributed by atoms with Crippen molar-refractivity contribution in [1.82, 2.24) is 15.3 Å². The second-order valence-electron chi connectivity index (χ2n) is 5.61. The van der Waals surface area contributed by atoms with Crippen LogP contribution in [0.1, 0.15) is 29.0 Å². The quantitative estimate of drug-likeness (QED) is 0.943. The maximum atomic E-state index is 12.3. The molecule has 2 aromatic rings. The average molecular weight is 296 g/mol. The Labute approximate surface area is 130 Å². The highest BCUT2D eigenvalue weighted by Crippen LogP contribution is 2.17. The van der Waals surface area contributed by atoms with E-state index in [1.165, 1.54) is 0 Å². The summed E-state index contributed by atoms with van der Waals surface area (Å²) in [6.07, 6.45) is 3.83. The highest BCUT2D eigenvalue weighted by Gasteiger charge is 2.22. The summed E-state index contributed by atoms with van der Waals surface area (Å²) < 4.78 is 0. The standard InChI is InChI=1S/C17H20N4O/c1-13-6-4-8-15(19-13)17(22)20-14-7-5-11-21(12-14)16-9-2-3-10-18-16/h2-4,6,8-10,14H,5,7,11-12H2,1H3,(H,20,22)/t14-/m1/s1. The first kappa shape index (κ1) is 14.5. The molecule has 3 heterocycles. The number of pyridine rings is 2. The molecule has 1 aliphatic rings. The van der Waals surface area contributed by atoms with Gasteiger partial charge in [0.2, 0.25) is 0 Å². The SMILES string of the molecule is Cc1cccc(C(=O)N[C@@H]2CCCN(c3ccccn3)C2)n1. The number of carbonyl (C=O) groups is 1. The minimum absolute atomic E-state index is 0.100. The number of anilines is 1. The summed E-state index contributed by atoms with van der Waals surface area (Å²) in [6, 6.07) is 11.5. The van der Waals surface area contributed by atoms with Crippen LogP contribution < -0.4 is 10.2 Å². The van der Waals surface area contributed by atoms with Crippen molar-refractivity contribution in [3.05, 3.63) is 54.0 Å². The Bertz CT molecular complexity index is 644. The normalized spacial score (nSPS) is 18.0. The first-order chi connectivity index (χ1) is 10.7. The van der Waals surface area contributed by atoms with Gasteiger partial charge in [-0.1, -0.05) is 12.1 Å². The molecule has 0 spiro atoms. The predicted octanol–water partition coefficient (Wildman–Crippen LogP) is 2.18. The van der Waals surface area contributed by atoms with Gasteiger partial charge in [-0.05, 0) is 44.0 Å². The topological polar surface area (TPSA) is 58.1 Å². The summed E-state index contributed by atoms with van der Waals surface area (Å²) in [5.74, 6) is 0.867. The number of aromatic nitrogens is 2. The lowest BCUT2D eigenvalue weighted by Crippen LogP contribution is -2.48. The van der Waals surface area contributed by atoms with E-state index in [2.05, 4.69) is 20.2 Å². The summed E-state index contributed by atoms with van der Waals surface area (Å²) in [5, 5.41) is 3.09. The molecule has 114 valence electrons. The monoisotopic (exact) mass is 296 g/mol. The Balaban J connectivity index is 1.64. The van der Waals surface area contributed by atoms with Crippen LogP contribution in [-0.2, 0) is 0 Å². The van der Waals surface area contributed by atoms with E-state index >= 15 is 0 Å². The maximum absolute atomic E-state index is 12.3. The number of nitrogens with one attached hydrogen (secondary N) is 1. The molecule has 0 bridgehead atoms. The Kier molecular flexibility index (Phi) is 4.32. The van der Waals surface area contributed by atoms with Gasteiger partial charge in [0.05, 0.1) is 0 Å². The largest absolute Gasteiger partial charge is 0.355 e. The summed E-state index contributed by atoms with van der Waals surface area (Å²) in [4.78, 5) is 23.2. The Morgan fingerprint density at radius 2 is 2.18 bits per heavy atom. The molecular weight excluding hydrogens is 276 g/mol. The van der Waals surface area contributed by atoms with Crippen molar-refractivity contribution < 1.29 is 4.79 Å². The second-order valence-corrected chi connectivity index (χ2v) is 5.61. The van der Waals surface area contributed by atoms with Crippen LogP contribution in [0.3, 0.4) is 0 Å². The van der Waals surface area contributed by atoms with E-state index in [1.54, 1.807) is 12.3 Å². The number of hydrogen-bond acceptors (Lipinski definition) is 4. The minimum atomic E-state index is -0.100. The van der Waals surface area contributed by atoms with Gasteiger partial charge in [0.15, 0.2) is 0 Å². The van der Waals surface area contributed by atoms with Crippen molar-refractivity contribution in [2.75, 3.05) is 18.0 Å². The molecule has 1 aliphatic heterocycles. The van der Waals surface area contributed by atoms with E-state index < -0.39 is 0 Å². The molecule has 5 heteroatoms. The van der Waals surface area contributed by atoms with Gasteiger partial charge in [0, 0.05) is 31.0 Å². The van der Waals surface area contributed by atoms with Gasteiger partial charge in [-0.3, -0.25) is 4.79 Å². The van der Waals surface area contributed by atoms with Crippen LogP contribution in [0.15, 0.2) is 42.6 Å². The zero-order valence-electron chi connectivity index (χ0n) is 12.7. The van der Waals surface area contributed by atoms with Crippen molar-refractivity contribution in [3.63, 3.8) is 0 Å². The first-order valence-corrected chi connectivity index (χ1v) is 7.63. The fourth-order valence-corrected chi connectivity index (χ4v) is 2.77. The predicted molar refractivity (Wildman–Crippen MR) is 85.9 cm³/mol. The molecule has 5 nitrogen and oxygen atoms in total. The fourth-order valence-electron chi connectivity index (χ4n) is 2.77. The number of piperidine rings is 1. The van der Waals surface area contributed by atoms with Crippen LogP contribution >= 0.6 is 0 Å². The van der Waals surface area contributed by atoms with Gasteiger partial charge >= 0.3 is 0 Å². The number of carbonyl (C=O) groups excluding carboxylic acids is 1. The Hall–Kier alpha value is -2.43. The summed E-state index contributed by atoms with van der Waals surface area (Å²) in [7, 11) is 0. The number of amides is 1. The Morgan fingerprint density at radius 1 is 1.27 bits per heavy atom. The van der Waals surface area contributed by atoms with Crippen LogP contribution in [0.25, 0.3) is 0 Å². The zero-order valence-corrected chi connectivity index (χ0v) is 12.7. The second kappa shape index (κ2) is 6.56. The highest BCUT2D eigenvalue weighted by atomic mass is 16.1. The average Bonchev–Trinajstić information content (AvgIpc) is 2.56. The lowest BCUT2D eigenvalue weighted by molar-refractivity contribution is 0.0928. The highest BCUT2D eigenvalue weighted by molar-refractivity contribution is 5.92. The van der Waals surface area contributed by atoms with Crippen LogP contribution in [0.5, 0.6) is 0 Å². The van der Waals surface area contributed by atoms with Crippen molar-refractivity contribution in [1.29, 1.82) is 0 Å². The molecule has 0 unspecified atom stereocenters. The van der Waals surface area contributed by atoms with Crippen LogP contribution in [0.2, 0.25) is 0 Å². The molecule has 2 aromatic heterocycles. The van der Waals surface area contributed by atoms with Crippen molar-refractivity contribution in [2.24, 2.45) is 0 Å². The molecular formula is C17H20N4O. The van der Waals surface area contributed by atoms with Gasteiger partial charge in [-0.2, -0.15) is 0 Å². The summed E-state index contributed by atoms with van der Waals surface area (Å²) >= 11 is 0. The van der Waals surface area contributed by atoms with Gasteiger partial charge in [-0.15, -0.1) is 0 Å². The van der Waals surface area contributed by atoms with E-state index in [-0.39, 0.29) is 11.9 Å². The van der Waals surface area contributed by atoms with Crippen LogP contribution in [0, 0.1) is 6.92 Å². The summed E-state index contributed by atoms with van der Waals surface area (Å²) in [6.45, 7) is 3.65. The van der Waals surface area contributed by atoms with Crippen molar-refractivity contribution in [2.45, 2.75) is 25.8 Å². The van der Waals surface area contributed by atoms with E-state index in [1.807, 2.05) is 37.3 Å². The first-order valence-electron chi connectivity index (χ1n) is 7.63. The smallest absolute Gasteiger partial charge is 0.270 e. The molecule has 1 amide bonds. The van der Waals surface area contributed by atoms with Crippen molar-refractivity contribution >= 4 is 11.7 Å². The third kappa shape index (κ3) is 3.42. The molecule has 1 fully saturated rings. The minimum Gasteiger partial charge on any atom is -0.355 e. The summed E-state index contributed by atoms with van der Waals surface area (Å²) in [5.41, 5.74) is 1.33. The number of hydrogen-bond donors (Lipinski definition) is 1. The molecule has 1 saturated heterocycles. The lowest BCUT2D eigenvalue weighted by Gasteiger charge is -2.33. The molecule has 1 N–H and O–H groups in total. The Morgan fingerprint density at radius 3 is 2.95 bits per heavy atom. The van der Waals surface area contributed by atoms with Crippen LogP contribution in [-0.4, -0.2) is 35.0 Å². The van der Waals surface area contributed by atoms with Crippen molar-refractivity contribution in [3.8, 4) is 0 Å². The van der Waals surface area contributed by atoms with E-state index in [9.17, 15) is 4.79 Å². The van der Waals surface area contributed by atoms with Gasteiger partial charge in [-0.25, -0.2) is 9.97 Å².